The molecule has 0 amide bonds. The van der Waals surface area contributed by atoms with Crippen molar-refractivity contribution >= 4 is 45.2 Å². The molecule has 4 rings (SSSR count). The topological polar surface area (TPSA) is 59.4 Å². The second kappa shape index (κ2) is 4.10. The summed E-state index contributed by atoms with van der Waals surface area (Å²) in [6, 6.07) is 17.9. The average molecular weight is 261 g/mol. The summed E-state index contributed by atoms with van der Waals surface area (Å²) in [5, 5.41) is 13.9. The quantitative estimate of drug-likeness (QED) is 0.517. The summed E-state index contributed by atoms with van der Waals surface area (Å²) in [6.45, 7) is 0. The molecule has 3 N–H and O–H groups in total. The maximum atomic E-state index is 9.45. The zero-order valence-corrected chi connectivity index (χ0v) is 10.7. The number of nitrogens with two attached hydrogens (primary N) is 1. The van der Waals surface area contributed by atoms with Gasteiger partial charge in [0.15, 0.2) is 0 Å². The molecule has 4 aromatic rings. The van der Waals surface area contributed by atoms with Crippen LogP contribution in [0.3, 0.4) is 0 Å². The summed E-state index contributed by atoms with van der Waals surface area (Å²) in [5.74, 6) is 0. The second-order valence-corrected chi connectivity index (χ2v) is 5.00. The number of benzene rings is 3. The van der Waals surface area contributed by atoms with Crippen LogP contribution >= 0.6 is 0 Å². The van der Waals surface area contributed by atoms with E-state index in [9.17, 15) is 5.02 Å². The highest BCUT2D eigenvalue weighted by Gasteiger charge is 2.13. The van der Waals surface area contributed by atoms with E-state index in [1.54, 1.807) is 6.07 Å². The average Bonchev–Trinajstić information content (AvgIpc) is 2.81. The minimum Gasteiger partial charge on any atom is -0.456 e. The van der Waals surface area contributed by atoms with E-state index in [-0.39, 0.29) is 0 Å². The molecule has 0 unspecified atom stereocenters. The van der Waals surface area contributed by atoms with Crippen LogP contribution in [0.5, 0.6) is 0 Å². The predicted molar refractivity (Wildman–Crippen MR) is 83.0 cm³/mol. The van der Waals surface area contributed by atoms with Crippen molar-refractivity contribution in [2.75, 3.05) is 0 Å². The van der Waals surface area contributed by atoms with Gasteiger partial charge >= 0.3 is 7.05 Å². The molecule has 0 saturated heterocycles. The first-order chi connectivity index (χ1) is 9.72. The van der Waals surface area contributed by atoms with Crippen LogP contribution < -0.4 is 11.1 Å². The fourth-order valence-electron chi connectivity index (χ4n) is 2.66. The van der Waals surface area contributed by atoms with Crippen molar-refractivity contribution in [3.05, 3.63) is 54.6 Å². The smallest absolute Gasteiger partial charge is 0.410 e. The van der Waals surface area contributed by atoms with Gasteiger partial charge < -0.3 is 15.1 Å². The molecule has 0 atom stereocenters. The minimum absolute atomic E-state index is 0.654. The Bertz CT molecular complexity index is 943. The number of hydrogen-bond acceptors (Lipinski definition) is 3. The first-order valence-electron chi connectivity index (χ1n) is 6.51. The Labute approximate surface area is 115 Å². The van der Waals surface area contributed by atoms with E-state index in [4.69, 9.17) is 10.1 Å². The Morgan fingerprint density at radius 3 is 2.30 bits per heavy atom. The Morgan fingerprint density at radius 1 is 0.850 bits per heavy atom. The van der Waals surface area contributed by atoms with Gasteiger partial charge in [0.1, 0.15) is 11.2 Å². The Kier molecular flexibility index (Phi) is 2.36. The monoisotopic (exact) mass is 261 g/mol. The summed E-state index contributed by atoms with van der Waals surface area (Å²) >= 11 is 0. The standard InChI is InChI=1S/C16H12BNO2/c18-17(19)12-5-6-13-14-7-10-3-1-2-4-11(10)8-15(14)20-16(13)9-12/h1-9,19H,18H2. The molecule has 0 spiro atoms. The summed E-state index contributed by atoms with van der Waals surface area (Å²) < 4.78 is 5.88. The molecule has 0 saturated carbocycles. The lowest BCUT2D eigenvalue weighted by Crippen LogP contribution is -2.39. The van der Waals surface area contributed by atoms with E-state index in [0.29, 0.717) is 5.46 Å². The van der Waals surface area contributed by atoms with Crippen LogP contribution in [0.2, 0.25) is 0 Å². The van der Waals surface area contributed by atoms with Crippen molar-refractivity contribution in [1.82, 2.24) is 0 Å². The van der Waals surface area contributed by atoms with Gasteiger partial charge in [-0.25, -0.2) is 0 Å². The third kappa shape index (κ3) is 1.63. The zero-order valence-electron chi connectivity index (χ0n) is 10.7. The van der Waals surface area contributed by atoms with Gasteiger partial charge in [-0.3, -0.25) is 0 Å². The van der Waals surface area contributed by atoms with Gasteiger partial charge in [-0.2, -0.15) is 0 Å². The van der Waals surface area contributed by atoms with E-state index in [1.807, 2.05) is 30.3 Å². The molecule has 3 nitrogen and oxygen atoms in total. The van der Waals surface area contributed by atoms with Crippen LogP contribution in [0.1, 0.15) is 0 Å². The Balaban J connectivity index is 2.10. The molecule has 3 aromatic carbocycles. The molecule has 1 aromatic heterocycles. The van der Waals surface area contributed by atoms with Crippen LogP contribution in [0.4, 0.5) is 0 Å². The maximum absolute atomic E-state index is 9.45. The number of furan rings is 1. The summed E-state index contributed by atoms with van der Waals surface area (Å²) in [6.07, 6.45) is 0. The van der Waals surface area contributed by atoms with Gasteiger partial charge in [0.25, 0.3) is 0 Å². The summed E-state index contributed by atoms with van der Waals surface area (Å²) in [5.41, 5.74) is 7.74. The Hall–Kier alpha value is -2.30. The lowest BCUT2D eigenvalue weighted by atomic mass is 9.76. The van der Waals surface area contributed by atoms with Crippen LogP contribution in [0, 0.1) is 0 Å². The number of rotatable bonds is 1. The van der Waals surface area contributed by atoms with Crippen LogP contribution in [0.15, 0.2) is 59.0 Å². The largest absolute Gasteiger partial charge is 0.456 e. The number of fused-ring (bicyclic) bond motifs is 4. The molecule has 0 aliphatic heterocycles. The fourth-order valence-corrected chi connectivity index (χ4v) is 2.66. The molecule has 0 fully saturated rings. The molecule has 20 heavy (non-hydrogen) atoms. The van der Waals surface area contributed by atoms with Crippen LogP contribution in [-0.4, -0.2) is 12.1 Å². The van der Waals surface area contributed by atoms with Crippen LogP contribution in [-0.2, 0) is 0 Å². The van der Waals surface area contributed by atoms with E-state index in [0.717, 1.165) is 27.3 Å². The van der Waals surface area contributed by atoms with Crippen molar-refractivity contribution in [3.63, 3.8) is 0 Å². The van der Waals surface area contributed by atoms with E-state index >= 15 is 0 Å². The molecule has 4 heteroatoms. The number of hydrogen-bond donors (Lipinski definition) is 2. The highest BCUT2D eigenvalue weighted by atomic mass is 16.3. The summed E-state index contributed by atoms with van der Waals surface area (Å²) in [4.78, 5) is 0. The van der Waals surface area contributed by atoms with Crippen molar-refractivity contribution in [3.8, 4) is 0 Å². The molecular weight excluding hydrogens is 249 g/mol. The van der Waals surface area contributed by atoms with Crippen molar-refractivity contribution in [1.29, 1.82) is 0 Å². The van der Waals surface area contributed by atoms with Crippen molar-refractivity contribution in [2.24, 2.45) is 5.64 Å². The van der Waals surface area contributed by atoms with Gasteiger partial charge in [0.2, 0.25) is 0 Å². The highest BCUT2D eigenvalue weighted by molar-refractivity contribution is 6.63. The fraction of sp³-hybridized carbons (Fsp3) is 0. The molecular formula is C16H12BNO2. The molecule has 1 heterocycles. The van der Waals surface area contributed by atoms with E-state index in [1.165, 1.54) is 5.39 Å². The molecule has 0 aliphatic carbocycles. The SMILES string of the molecule is NB(O)c1ccc2c(c1)oc1cc3ccccc3cc12. The predicted octanol–water partition coefficient (Wildman–Crippen LogP) is 2.39. The lowest BCUT2D eigenvalue weighted by Gasteiger charge is -1.99. The van der Waals surface area contributed by atoms with Gasteiger partial charge in [-0.05, 0) is 34.4 Å². The van der Waals surface area contributed by atoms with Crippen molar-refractivity contribution < 1.29 is 9.44 Å². The highest BCUT2D eigenvalue weighted by Crippen LogP contribution is 2.31. The lowest BCUT2D eigenvalue weighted by molar-refractivity contribution is 0.587. The van der Waals surface area contributed by atoms with Crippen LogP contribution in [0.25, 0.3) is 32.7 Å². The van der Waals surface area contributed by atoms with Gasteiger partial charge in [0, 0.05) is 10.8 Å². The third-order valence-electron chi connectivity index (χ3n) is 3.71. The molecule has 0 radical (unpaired) electrons. The minimum atomic E-state index is -0.980. The van der Waals surface area contributed by atoms with Gasteiger partial charge in [-0.1, -0.05) is 36.4 Å². The second-order valence-electron chi connectivity index (χ2n) is 5.00. The van der Waals surface area contributed by atoms with E-state index < -0.39 is 7.05 Å². The van der Waals surface area contributed by atoms with Crippen molar-refractivity contribution in [2.45, 2.75) is 0 Å². The summed E-state index contributed by atoms with van der Waals surface area (Å²) in [7, 11) is -0.980. The Morgan fingerprint density at radius 2 is 1.55 bits per heavy atom. The van der Waals surface area contributed by atoms with Gasteiger partial charge in [-0.15, -0.1) is 0 Å². The maximum Gasteiger partial charge on any atom is 0.410 e. The molecule has 96 valence electrons. The molecule has 0 bridgehead atoms. The first kappa shape index (κ1) is 11.5. The van der Waals surface area contributed by atoms with E-state index in [2.05, 4.69) is 18.2 Å². The third-order valence-corrected chi connectivity index (χ3v) is 3.71. The van der Waals surface area contributed by atoms with Gasteiger partial charge in [0.05, 0.1) is 0 Å². The zero-order chi connectivity index (χ0) is 13.7. The molecule has 0 aliphatic rings. The first-order valence-corrected chi connectivity index (χ1v) is 6.51. The normalized spacial score (nSPS) is 11.5.